The molecule has 144 valence electrons. The molecular formula is C19H13BrFNO5S. The number of hydrogen-bond acceptors (Lipinski definition) is 5. The van der Waals surface area contributed by atoms with E-state index in [0.29, 0.717) is 21.3 Å². The third kappa shape index (κ3) is 4.79. The van der Waals surface area contributed by atoms with Crippen molar-refractivity contribution in [2.45, 2.75) is 6.54 Å². The lowest BCUT2D eigenvalue weighted by molar-refractivity contribution is -0.139. The Morgan fingerprint density at radius 2 is 1.93 bits per heavy atom. The molecule has 1 aliphatic heterocycles. The summed E-state index contributed by atoms with van der Waals surface area (Å²) in [5, 5.41) is 8.26. The predicted molar refractivity (Wildman–Crippen MR) is 105 cm³/mol. The largest absolute Gasteiger partial charge is 0.481 e. The van der Waals surface area contributed by atoms with Crippen LogP contribution in [-0.2, 0) is 16.1 Å². The number of carboxylic acid groups (broad SMARTS) is 1. The Morgan fingerprint density at radius 1 is 1.21 bits per heavy atom. The van der Waals surface area contributed by atoms with Gasteiger partial charge >= 0.3 is 5.97 Å². The summed E-state index contributed by atoms with van der Waals surface area (Å²) in [6.45, 7) is -0.409. The number of thioether (sulfide) groups is 1. The molecule has 3 rings (SSSR count). The number of hydrogen-bond donors (Lipinski definition) is 1. The third-order valence-corrected chi connectivity index (χ3v) is 5.26. The maximum atomic E-state index is 13.0. The molecule has 1 aliphatic rings. The molecule has 0 aliphatic carbocycles. The molecule has 1 N–H and O–H groups in total. The summed E-state index contributed by atoms with van der Waals surface area (Å²) in [7, 11) is 0. The lowest BCUT2D eigenvalue weighted by Crippen LogP contribution is -2.27. The molecule has 0 aromatic heterocycles. The highest BCUT2D eigenvalue weighted by molar-refractivity contribution is 9.10. The van der Waals surface area contributed by atoms with Gasteiger partial charge in [-0.1, -0.05) is 18.2 Å². The van der Waals surface area contributed by atoms with Crippen molar-refractivity contribution in [3.8, 4) is 5.75 Å². The Labute approximate surface area is 172 Å². The normalized spacial score (nSPS) is 15.4. The lowest BCUT2D eigenvalue weighted by atomic mass is 10.2. The number of amides is 2. The van der Waals surface area contributed by atoms with Gasteiger partial charge < -0.3 is 9.84 Å². The molecule has 28 heavy (non-hydrogen) atoms. The van der Waals surface area contributed by atoms with Gasteiger partial charge in [0.15, 0.2) is 6.61 Å². The van der Waals surface area contributed by atoms with Crippen LogP contribution < -0.4 is 4.74 Å². The number of benzene rings is 2. The first kappa shape index (κ1) is 20.1. The van der Waals surface area contributed by atoms with Gasteiger partial charge in [0.05, 0.1) is 15.9 Å². The van der Waals surface area contributed by atoms with E-state index in [1.54, 1.807) is 24.3 Å². The first-order valence-corrected chi connectivity index (χ1v) is 9.58. The van der Waals surface area contributed by atoms with E-state index in [4.69, 9.17) is 9.84 Å². The molecule has 6 nitrogen and oxygen atoms in total. The fourth-order valence-corrected chi connectivity index (χ4v) is 3.77. The van der Waals surface area contributed by atoms with Gasteiger partial charge in [0.25, 0.3) is 11.1 Å². The van der Waals surface area contributed by atoms with Gasteiger partial charge in [0, 0.05) is 0 Å². The van der Waals surface area contributed by atoms with Gasteiger partial charge in [-0.15, -0.1) is 0 Å². The van der Waals surface area contributed by atoms with Crippen molar-refractivity contribution in [2.24, 2.45) is 0 Å². The van der Waals surface area contributed by atoms with Gasteiger partial charge in [-0.05, 0) is 69.2 Å². The fourth-order valence-electron chi connectivity index (χ4n) is 2.42. The van der Waals surface area contributed by atoms with Gasteiger partial charge in [-0.2, -0.15) is 0 Å². The number of rotatable bonds is 6. The monoisotopic (exact) mass is 465 g/mol. The summed E-state index contributed by atoms with van der Waals surface area (Å²) >= 11 is 4.11. The topological polar surface area (TPSA) is 83.9 Å². The van der Waals surface area contributed by atoms with Gasteiger partial charge in [0.2, 0.25) is 0 Å². The van der Waals surface area contributed by atoms with Crippen LogP contribution >= 0.6 is 27.7 Å². The smallest absolute Gasteiger partial charge is 0.341 e. The Morgan fingerprint density at radius 3 is 2.57 bits per heavy atom. The quantitative estimate of drug-likeness (QED) is 0.640. The maximum absolute atomic E-state index is 13.0. The Balaban J connectivity index is 1.75. The maximum Gasteiger partial charge on any atom is 0.341 e. The average Bonchev–Trinajstić information content (AvgIpc) is 2.90. The van der Waals surface area contributed by atoms with Crippen LogP contribution in [0, 0.1) is 5.82 Å². The fraction of sp³-hybridized carbons (Fsp3) is 0.105. The van der Waals surface area contributed by atoms with Crippen LogP contribution in [-0.4, -0.2) is 33.7 Å². The summed E-state index contributed by atoms with van der Waals surface area (Å²) in [5.74, 6) is -1.56. The van der Waals surface area contributed by atoms with Gasteiger partial charge in [-0.3, -0.25) is 14.5 Å². The van der Waals surface area contributed by atoms with Crippen LogP contribution in [0.15, 0.2) is 51.8 Å². The van der Waals surface area contributed by atoms with E-state index in [0.717, 1.165) is 16.7 Å². The minimum atomic E-state index is -1.09. The second-order valence-corrected chi connectivity index (χ2v) is 7.61. The summed E-state index contributed by atoms with van der Waals surface area (Å²) in [5.41, 5.74) is 1.29. The zero-order valence-electron chi connectivity index (χ0n) is 14.2. The minimum absolute atomic E-state index is 0.0634. The predicted octanol–water partition coefficient (Wildman–Crippen LogP) is 4.29. The van der Waals surface area contributed by atoms with Crippen LogP contribution in [0.25, 0.3) is 6.08 Å². The SMILES string of the molecule is O=C(O)COc1ccc(/C=C2\SC(=O)N(Cc3ccc(F)cc3)C2=O)cc1Br. The molecule has 0 bridgehead atoms. The van der Waals surface area contributed by atoms with E-state index in [2.05, 4.69) is 15.9 Å². The molecule has 1 fully saturated rings. The van der Waals surface area contributed by atoms with E-state index in [-0.39, 0.29) is 17.3 Å². The number of nitrogens with zero attached hydrogens (tertiary/aromatic N) is 1. The second-order valence-electron chi connectivity index (χ2n) is 5.77. The van der Waals surface area contributed by atoms with E-state index < -0.39 is 23.7 Å². The number of carbonyl (C=O) groups excluding carboxylic acids is 2. The van der Waals surface area contributed by atoms with Gasteiger partial charge in [-0.25, -0.2) is 9.18 Å². The molecule has 2 aromatic carbocycles. The second kappa shape index (κ2) is 8.57. The third-order valence-electron chi connectivity index (χ3n) is 3.73. The summed E-state index contributed by atoms with van der Waals surface area (Å²) in [4.78, 5) is 36.7. The zero-order chi connectivity index (χ0) is 20.3. The molecular weight excluding hydrogens is 453 g/mol. The van der Waals surface area contributed by atoms with Crippen LogP contribution in [0.1, 0.15) is 11.1 Å². The Kier molecular flexibility index (Phi) is 6.15. The number of halogens is 2. The average molecular weight is 466 g/mol. The molecule has 0 radical (unpaired) electrons. The Bertz CT molecular complexity index is 977. The molecule has 0 atom stereocenters. The number of ether oxygens (including phenoxy) is 1. The lowest BCUT2D eigenvalue weighted by Gasteiger charge is -2.12. The van der Waals surface area contributed by atoms with Crippen LogP contribution in [0.3, 0.4) is 0 Å². The van der Waals surface area contributed by atoms with Crippen molar-refractivity contribution in [1.29, 1.82) is 0 Å². The van der Waals surface area contributed by atoms with Crippen LogP contribution in [0.4, 0.5) is 9.18 Å². The highest BCUT2D eigenvalue weighted by atomic mass is 79.9. The van der Waals surface area contributed by atoms with E-state index in [9.17, 15) is 18.8 Å². The van der Waals surface area contributed by atoms with Crippen molar-refractivity contribution in [2.75, 3.05) is 6.61 Å². The molecule has 0 saturated carbocycles. The van der Waals surface area contributed by atoms with E-state index in [1.165, 1.54) is 24.3 Å². The molecule has 2 aromatic rings. The Hall–Kier alpha value is -2.65. The number of aliphatic carboxylic acids is 1. The zero-order valence-corrected chi connectivity index (χ0v) is 16.6. The van der Waals surface area contributed by atoms with E-state index in [1.807, 2.05) is 0 Å². The summed E-state index contributed by atoms with van der Waals surface area (Å²) < 4.78 is 18.7. The molecule has 0 unspecified atom stereocenters. The highest BCUT2D eigenvalue weighted by Crippen LogP contribution is 2.34. The number of imide groups is 1. The van der Waals surface area contributed by atoms with Gasteiger partial charge in [0.1, 0.15) is 11.6 Å². The minimum Gasteiger partial charge on any atom is -0.481 e. The van der Waals surface area contributed by atoms with Crippen molar-refractivity contribution in [1.82, 2.24) is 4.90 Å². The van der Waals surface area contributed by atoms with Crippen molar-refractivity contribution >= 4 is 50.9 Å². The highest BCUT2D eigenvalue weighted by Gasteiger charge is 2.35. The molecule has 1 heterocycles. The standard InChI is InChI=1S/C19H13BrFNO5S/c20-14-7-12(3-6-15(14)27-10-17(23)24)8-16-18(25)22(19(26)28-16)9-11-1-4-13(21)5-2-11/h1-8H,9-10H2,(H,23,24)/b16-8-. The van der Waals surface area contributed by atoms with Crippen molar-refractivity contribution in [3.63, 3.8) is 0 Å². The van der Waals surface area contributed by atoms with E-state index >= 15 is 0 Å². The van der Waals surface area contributed by atoms with Crippen molar-refractivity contribution in [3.05, 3.63) is 68.8 Å². The molecule has 9 heteroatoms. The number of carbonyl (C=O) groups is 3. The molecule has 0 spiro atoms. The summed E-state index contributed by atoms with van der Waals surface area (Å²) in [6.07, 6.45) is 1.57. The summed E-state index contributed by atoms with van der Waals surface area (Å²) in [6, 6.07) is 10.5. The molecule has 1 saturated heterocycles. The molecule has 2 amide bonds. The first-order chi connectivity index (χ1) is 13.3. The first-order valence-electron chi connectivity index (χ1n) is 7.97. The van der Waals surface area contributed by atoms with Crippen LogP contribution in [0.2, 0.25) is 0 Å². The van der Waals surface area contributed by atoms with Crippen molar-refractivity contribution < 1.29 is 28.6 Å². The van der Waals surface area contributed by atoms with Crippen LogP contribution in [0.5, 0.6) is 5.75 Å². The number of carboxylic acids is 1.